The molecule has 4 heteroatoms. The van der Waals surface area contributed by atoms with Crippen molar-refractivity contribution in [1.82, 2.24) is 4.98 Å². The lowest BCUT2D eigenvalue weighted by molar-refractivity contribution is 0.101. The molecule has 0 bridgehead atoms. The summed E-state index contributed by atoms with van der Waals surface area (Å²) >= 11 is 6.17. The Morgan fingerprint density at radius 2 is 2.05 bits per heavy atom. The third kappa shape index (κ3) is 2.39. The van der Waals surface area contributed by atoms with Crippen LogP contribution in [0.3, 0.4) is 0 Å². The van der Waals surface area contributed by atoms with Crippen molar-refractivity contribution in [2.75, 3.05) is 0 Å². The first kappa shape index (κ1) is 12.7. The van der Waals surface area contributed by atoms with Crippen LogP contribution in [-0.4, -0.2) is 10.8 Å². The van der Waals surface area contributed by atoms with Crippen LogP contribution in [0.1, 0.15) is 61.2 Å². The van der Waals surface area contributed by atoms with Gasteiger partial charge in [-0.2, -0.15) is 0 Å². The van der Waals surface area contributed by atoms with Gasteiger partial charge >= 0.3 is 0 Å². The number of nitrogens with zero attached hydrogens (tertiary/aromatic N) is 1. The molecule has 100 valence electrons. The smallest absolute Gasteiger partial charge is 0.198 e. The normalized spacial score (nSPS) is 16.9. The Morgan fingerprint density at radius 1 is 1.32 bits per heavy atom. The first-order chi connectivity index (χ1) is 9.15. The number of rotatable bonds is 2. The van der Waals surface area contributed by atoms with Crippen LogP contribution in [0.5, 0.6) is 0 Å². The largest absolute Gasteiger partial charge is 0.439 e. The minimum atomic E-state index is -0.00832. The van der Waals surface area contributed by atoms with Gasteiger partial charge in [-0.25, -0.2) is 4.98 Å². The Labute approximate surface area is 117 Å². The summed E-state index contributed by atoms with van der Waals surface area (Å²) in [5.41, 5.74) is 1.88. The van der Waals surface area contributed by atoms with Crippen molar-refractivity contribution < 1.29 is 9.21 Å². The molecule has 0 radical (unpaired) electrons. The van der Waals surface area contributed by atoms with E-state index in [1.807, 2.05) is 0 Å². The molecule has 0 unspecified atom stereocenters. The van der Waals surface area contributed by atoms with Gasteiger partial charge < -0.3 is 4.42 Å². The Kier molecular flexibility index (Phi) is 3.31. The summed E-state index contributed by atoms with van der Waals surface area (Å²) < 4.78 is 5.82. The number of carbonyl (C=O) groups is 1. The van der Waals surface area contributed by atoms with Crippen molar-refractivity contribution in [3.8, 4) is 0 Å². The van der Waals surface area contributed by atoms with Crippen molar-refractivity contribution in [2.24, 2.45) is 0 Å². The van der Waals surface area contributed by atoms with Gasteiger partial charge in [-0.1, -0.05) is 30.9 Å². The molecule has 1 aliphatic rings. The zero-order chi connectivity index (χ0) is 13.4. The number of hydrogen-bond donors (Lipinski definition) is 0. The molecular formula is C15H16ClNO2. The van der Waals surface area contributed by atoms with E-state index in [1.54, 1.807) is 12.1 Å². The molecule has 1 aliphatic carbocycles. The molecule has 2 aromatic rings. The summed E-state index contributed by atoms with van der Waals surface area (Å²) in [5.74, 6) is 1.17. The zero-order valence-electron chi connectivity index (χ0n) is 10.9. The maximum absolute atomic E-state index is 11.4. The van der Waals surface area contributed by atoms with E-state index in [1.165, 1.54) is 26.2 Å². The number of hydrogen-bond acceptors (Lipinski definition) is 3. The van der Waals surface area contributed by atoms with Gasteiger partial charge in [0.1, 0.15) is 5.52 Å². The van der Waals surface area contributed by atoms with Crippen LogP contribution in [0.2, 0.25) is 5.02 Å². The second-order valence-electron chi connectivity index (χ2n) is 5.25. The van der Waals surface area contributed by atoms with Crippen molar-refractivity contribution in [3.05, 3.63) is 28.6 Å². The van der Waals surface area contributed by atoms with Gasteiger partial charge in [0.05, 0.1) is 5.02 Å². The second-order valence-corrected chi connectivity index (χ2v) is 5.66. The van der Waals surface area contributed by atoms with E-state index in [9.17, 15) is 4.79 Å². The van der Waals surface area contributed by atoms with E-state index in [2.05, 4.69) is 4.98 Å². The van der Waals surface area contributed by atoms with Gasteiger partial charge in [-0.05, 0) is 31.9 Å². The third-order valence-electron chi connectivity index (χ3n) is 3.82. The number of fused-ring (bicyclic) bond motifs is 1. The number of carbonyl (C=O) groups excluding carboxylic acids is 1. The van der Waals surface area contributed by atoms with Crippen LogP contribution in [0, 0.1) is 0 Å². The lowest BCUT2D eigenvalue weighted by Crippen LogP contribution is -2.04. The molecule has 1 aromatic heterocycles. The maximum atomic E-state index is 11.4. The molecule has 1 saturated carbocycles. The van der Waals surface area contributed by atoms with Crippen LogP contribution >= 0.6 is 11.6 Å². The number of Topliss-reactive ketones (excluding diaryl/α,β-unsaturated/α-hetero) is 1. The standard InChI is InChI=1S/C15H16ClNO2/c1-9(18)11-7-12(16)14-13(8-11)17-15(19-14)10-5-3-2-4-6-10/h7-8,10H,2-6H2,1H3. The molecular weight excluding hydrogens is 262 g/mol. The third-order valence-corrected chi connectivity index (χ3v) is 4.10. The molecule has 0 aliphatic heterocycles. The first-order valence-electron chi connectivity index (χ1n) is 6.76. The Morgan fingerprint density at radius 3 is 2.74 bits per heavy atom. The van der Waals surface area contributed by atoms with Gasteiger partial charge in [0.15, 0.2) is 17.3 Å². The van der Waals surface area contributed by atoms with Crippen LogP contribution < -0.4 is 0 Å². The highest BCUT2D eigenvalue weighted by Crippen LogP contribution is 2.35. The maximum Gasteiger partial charge on any atom is 0.198 e. The highest BCUT2D eigenvalue weighted by Gasteiger charge is 2.22. The molecule has 1 fully saturated rings. The zero-order valence-corrected chi connectivity index (χ0v) is 11.7. The molecule has 3 nitrogen and oxygen atoms in total. The summed E-state index contributed by atoms with van der Waals surface area (Å²) in [4.78, 5) is 16.0. The molecule has 0 saturated heterocycles. The minimum absolute atomic E-state index is 0.00832. The van der Waals surface area contributed by atoms with Gasteiger partial charge in [0.25, 0.3) is 0 Å². The molecule has 1 aromatic carbocycles. The molecule has 0 spiro atoms. The Hall–Kier alpha value is -1.35. The lowest BCUT2D eigenvalue weighted by atomic mass is 9.89. The van der Waals surface area contributed by atoms with Crippen LogP contribution in [-0.2, 0) is 0 Å². The summed E-state index contributed by atoms with van der Waals surface area (Å²) in [7, 11) is 0. The second kappa shape index (κ2) is 4.97. The molecule has 19 heavy (non-hydrogen) atoms. The van der Waals surface area contributed by atoms with E-state index >= 15 is 0 Å². The van der Waals surface area contributed by atoms with Gasteiger partial charge in [0, 0.05) is 11.5 Å². The van der Waals surface area contributed by atoms with Crippen molar-refractivity contribution in [1.29, 1.82) is 0 Å². The Balaban J connectivity index is 2.04. The fourth-order valence-corrected chi connectivity index (χ4v) is 2.99. The molecule has 1 heterocycles. The van der Waals surface area contributed by atoms with Crippen molar-refractivity contribution in [2.45, 2.75) is 44.9 Å². The van der Waals surface area contributed by atoms with E-state index in [0.29, 0.717) is 27.6 Å². The first-order valence-corrected chi connectivity index (χ1v) is 7.14. The van der Waals surface area contributed by atoms with Crippen LogP contribution in [0.15, 0.2) is 16.5 Å². The highest BCUT2D eigenvalue weighted by atomic mass is 35.5. The average Bonchev–Trinajstić information content (AvgIpc) is 2.84. The number of benzene rings is 1. The van der Waals surface area contributed by atoms with Gasteiger partial charge in [-0.15, -0.1) is 0 Å². The average molecular weight is 278 g/mol. The Bertz CT molecular complexity index is 626. The van der Waals surface area contributed by atoms with Crippen molar-refractivity contribution in [3.63, 3.8) is 0 Å². The summed E-state index contributed by atoms with van der Waals surface area (Å²) in [6.45, 7) is 1.53. The molecule has 3 rings (SSSR count). The van der Waals surface area contributed by atoms with Crippen LogP contribution in [0.25, 0.3) is 11.1 Å². The van der Waals surface area contributed by atoms with E-state index in [4.69, 9.17) is 16.0 Å². The summed E-state index contributed by atoms with van der Waals surface area (Å²) in [6, 6.07) is 3.42. The van der Waals surface area contributed by atoms with Crippen LogP contribution in [0.4, 0.5) is 0 Å². The molecule has 0 amide bonds. The predicted molar refractivity (Wildman–Crippen MR) is 74.8 cm³/mol. The number of aromatic nitrogens is 1. The number of halogens is 1. The highest BCUT2D eigenvalue weighted by molar-refractivity contribution is 6.35. The summed E-state index contributed by atoms with van der Waals surface area (Å²) in [5, 5.41) is 0.470. The van der Waals surface area contributed by atoms with Gasteiger partial charge in [-0.3, -0.25) is 4.79 Å². The molecule has 0 atom stereocenters. The van der Waals surface area contributed by atoms with E-state index in [-0.39, 0.29) is 5.78 Å². The number of oxazole rings is 1. The summed E-state index contributed by atoms with van der Waals surface area (Å²) in [6.07, 6.45) is 6.02. The van der Waals surface area contributed by atoms with Gasteiger partial charge in [0.2, 0.25) is 0 Å². The fraction of sp³-hybridized carbons (Fsp3) is 0.467. The minimum Gasteiger partial charge on any atom is -0.439 e. The topological polar surface area (TPSA) is 43.1 Å². The van der Waals surface area contributed by atoms with E-state index in [0.717, 1.165) is 18.7 Å². The van der Waals surface area contributed by atoms with Crippen molar-refractivity contribution >= 4 is 28.5 Å². The quantitative estimate of drug-likeness (QED) is 0.745. The number of ketones is 1. The predicted octanol–water partition coefficient (Wildman–Crippen LogP) is 4.73. The molecule has 0 N–H and O–H groups in total. The fourth-order valence-electron chi connectivity index (χ4n) is 2.74. The van der Waals surface area contributed by atoms with E-state index < -0.39 is 0 Å². The lowest BCUT2D eigenvalue weighted by Gasteiger charge is -2.17. The monoisotopic (exact) mass is 277 g/mol. The SMILES string of the molecule is CC(=O)c1cc(Cl)c2oc(C3CCCCC3)nc2c1.